The molecule has 8 nitrogen and oxygen atoms in total. The fourth-order valence-electron chi connectivity index (χ4n) is 4.70. The van der Waals surface area contributed by atoms with Crippen LogP contribution in [0.1, 0.15) is 61.6 Å². The number of allylic oxidation sites excluding steroid dienone is 1. The molecule has 0 saturated heterocycles. The third-order valence-corrected chi connectivity index (χ3v) is 7.23. The van der Waals surface area contributed by atoms with Gasteiger partial charge in [-0.3, -0.25) is 4.79 Å². The van der Waals surface area contributed by atoms with Crippen LogP contribution in [0.15, 0.2) is 78.0 Å². The molecular formula is C31H34N6O2. The van der Waals surface area contributed by atoms with E-state index in [9.17, 15) is 4.79 Å². The summed E-state index contributed by atoms with van der Waals surface area (Å²) in [7, 11) is 0. The summed E-state index contributed by atoms with van der Waals surface area (Å²) in [4.78, 5) is 13.7. The number of anilines is 2. The van der Waals surface area contributed by atoms with Gasteiger partial charge in [0.15, 0.2) is 0 Å². The molecule has 2 N–H and O–H groups in total. The van der Waals surface area contributed by atoms with Gasteiger partial charge in [0.05, 0.1) is 5.57 Å². The third-order valence-electron chi connectivity index (χ3n) is 7.23. The maximum Gasteiger partial charge on any atom is 0.255 e. The van der Waals surface area contributed by atoms with Gasteiger partial charge < -0.3 is 15.4 Å². The number of fused-ring (bicyclic) bond motifs is 1. The lowest BCUT2D eigenvalue weighted by molar-refractivity contribution is -0.113. The number of amides is 1. The van der Waals surface area contributed by atoms with Gasteiger partial charge in [-0.05, 0) is 82.6 Å². The molecule has 1 unspecified atom stereocenters. The smallest absolute Gasteiger partial charge is 0.255 e. The molecule has 1 atom stereocenters. The van der Waals surface area contributed by atoms with Crippen molar-refractivity contribution in [2.24, 2.45) is 0 Å². The van der Waals surface area contributed by atoms with E-state index in [0.717, 1.165) is 33.7 Å². The van der Waals surface area contributed by atoms with Crippen molar-refractivity contribution >= 4 is 17.5 Å². The molecule has 1 aromatic heterocycles. The summed E-state index contributed by atoms with van der Waals surface area (Å²) in [5.41, 5.74) is 7.55. The number of hydrogen-bond donors (Lipinski definition) is 2. The Morgan fingerprint density at radius 2 is 1.72 bits per heavy atom. The highest BCUT2D eigenvalue weighted by atomic mass is 16.5. The van der Waals surface area contributed by atoms with E-state index in [-0.39, 0.29) is 11.3 Å². The molecule has 0 bridgehead atoms. The van der Waals surface area contributed by atoms with Crippen LogP contribution in [0.4, 0.5) is 11.6 Å². The van der Waals surface area contributed by atoms with Gasteiger partial charge in [-0.1, -0.05) is 74.4 Å². The number of rotatable bonds is 6. The van der Waals surface area contributed by atoms with Crippen LogP contribution in [0, 0.1) is 13.8 Å². The number of aryl methyl sites for hydroxylation is 1. The molecule has 1 aliphatic heterocycles. The number of benzene rings is 3. The minimum Gasteiger partial charge on any atom is -0.489 e. The second-order valence-corrected chi connectivity index (χ2v) is 11.0. The lowest BCUT2D eigenvalue weighted by Gasteiger charge is -2.28. The van der Waals surface area contributed by atoms with E-state index in [4.69, 9.17) is 4.74 Å². The Hall–Kier alpha value is -4.46. The summed E-state index contributed by atoms with van der Waals surface area (Å²) >= 11 is 0. The second kappa shape index (κ2) is 10.4. The Balaban J connectivity index is 1.37. The molecule has 39 heavy (non-hydrogen) atoms. The molecule has 0 radical (unpaired) electrons. The van der Waals surface area contributed by atoms with Gasteiger partial charge in [0.2, 0.25) is 5.95 Å². The molecule has 1 aliphatic rings. The maximum absolute atomic E-state index is 13.7. The van der Waals surface area contributed by atoms with Gasteiger partial charge in [-0.15, -0.1) is 0 Å². The van der Waals surface area contributed by atoms with Gasteiger partial charge >= 0.3 is 0 Å². The summed E-state index contributed by atoms with van der Waals surface area (Å²) in [6.07, 6.45) is 0. The summed E-state index contributed by atoms with van der Waals surface area (Å²) in [5, 5.41) is 18.4. The molecule has 0 saturated carbocycles. The second-order valence-electron chi connectivity index (χ2n) is 11.0. The van der Waals surface area contributed by atoms with Crippen molar-refractivity contribution in [2.45, 2.75) is 59.6 Å². The molecule has 200 valence electrons. The lowest BCUT2D eigenvalue weighted by atomic mass is 9.87. The standard InChI is InChI=1S/C31H34N6O2/c1-19-8-7-9-26(20(19)2)33-29(38)27-21(3)32-30-34-35-36-37(30)28(27)23-12-16-25(17-13-23)39-18-22-10-14-24(15-11-22)31(4,5)6/h7-17,28H,18H2,1-6H3,(H,33,38)(H,32,34,36). The van der Waals surface area contributed by atoms with Crippen LogP contribution >= 0.6 is 0 Å². The monoisotopic (exact) mass is 522 g/mol. The number of aromatic nitrogens is 4. The molecule has 8 heteroatoms. The maximum atomic E-state index is 13.7. The first kappa shape index (κ1) is 26.2. The molecule has 1 amide bonds. The van der Waals surface area contributed by atoms with Crippen LogP contribution in [-0.4, -0.2) is 26.1 Å². The van der Waals surface area contributed by atoms with Crippen LogP contribution in [0.3, 0.4) is 0 Å². The van der Waals surface area contributed by atoms with Crippen molar-refractivity contribution in [3.05, 3.63) is 106 Å². The highest BCUT2D eigenvalue weighted by Gasteiger charge is 2.34. The van der Waals surface area contributed by atoms with E-state index in [1.807, 2.05) is 63.2 Å². The van der Waals surface area contributed by atoms with Crippen LogP contribution < -0.4 is 15.4 Å². The van der Waals surface area contributed by atoms with Gasteiger partial charge in [-0.2, -0.15) is 4.68 Å². The van der Waals surface area contributed by atoms with Crippen molar-refractivity contribution in [3.8, 4) is 5.75 Å². The minimum absolute atomic E-state index is 0.116. The average molecular weight is 523 g/mol. The molecule has 2 heterocycles. The number of carbonyl (C=O) groups excluding carboxylic acids is 1. The SMILES string of the molecule is CC1=C(C(=O)Nc2cccc(C)c2C)C(c2ccc(OCc3ccc(C(C)(C)C)cc3)cc2)n2nnnc2N1. The highest BCUT2D eigenvalue weighted by molar-refractivity contribution is 6.06. The number of nitrogens with one attached hydrogen (secondary N) is 2. The number of carbonyl (C=O) groups is 1. The minimum atomic E-state index is -0.500. The van der Waals surface area contributed by atoms with Crippen molar-refractivity contribution < 1.29 is 9.53 Å². The molecule has 0 spiro atoms. The number of tetrazole rings is 1. The Bertz CT molecular complexity index is 1530. The first-order valence-electron chi connectivity index (χ1n) is 13.1. The fourth-order valence-corrected chi connectivity index (χ4v) is 4.70. The predicted molar refractivity (Wildman–Crippen MR) is 153 cm³/mol. The van der Waals surface area contributed by atoms with E-state index in [1.54, 1.807) is 4.68 Å². The zero-order chi connectivity index (χ0) is 27.7. The number of ether oxygens (including phenoxy) is 1. The highest BCUT2D eigenvalue weighted by Crippen LogP contribution is 2.36. The predicted octanol–water partition coefficient (Wildman–Crippen LogP) is 6.09. The molecule has 0 aliphatic carbocycles. The van der Waals surface area contributed by atoms with Crippen molar-refractivity contribution in [2.75, 3.05) is 10.6 Å². The first-order chi connectivity index (χ1) is 18.6. The first-order valence-corrected chi connectivity index (χ1v) is 13.1. The summed E-state index contributed by atoms with van der Waals surface area (Å²) < 4.78 is 7.70. The van der Waals surface area contributed by atoms with E-state index >= 15 is 0 Å². The van der Waals surface area contributed by atoms with Gasteiger partial charge in [0, 0.05) is 11.4 Å². The fraction of sp³-hybridized carbons (Fsp3) is 0.290. The quantitative estimate of drug-likeness (QED) is 0.318. The van der Waals surface area contributed by atoms with E-state index < -0.39 is 6.04 Å². The van der Waals surface area contributed by atoms with E-state index in [2.05, 4.69) is 71.2 Å². The lowest BCUT2D eigenvalue weighted by Crippen LogP contribution is -2.31. The molecular weight excluding hydrogens is 488 g/mol. The number of nitrogens with zero attached hydrogens (tertiary/aromatic N) is 4. The van der Waals surface area contributed by atoms with Crippen LogP contribution in [-0.2, 0) is 16.8 Å². The average Bonchev–Trinajstić information content (AvgIpc) is 3.37. The van der Waals surface area contributed by atoms with Crippen molar-refractivity contribution in [1.29, 1.82) is 0 Å². The molecule has 3 aromatic carbocycles. The largest absolute Gasteiger partial charge is 0.489 e. The molecule has 5 rings (SSSR count). The van der Waals surface area contributed by atoms with Crippen molar-refractivity contribution in [3.63, 3.8) is 0 Å². The van der Waals surface area contributed by atoms with Crippen molar-refractivity contribution in [1.82, 2.24) is 20.2 Å². The van der Waals surface area contributed by atoms with E-state index in [1.165, 1.54) is 5.56 Å². The zero-order valence-corrected chi connectivity index (χ0v) is 23.2. The Morgan fingerprint density at radius 1 is 1.00 bits per heavy atom. The van der Waals surface area contributed by atoms with E-state index in [0.29, 0.717) is 23.8 Å². The summed E-state index contributed by atoms with van der Waals surface area (Å²) in [6, 6.07) is 21.6. The Labute approximate surface area is 229 Å². The van der Waals surface area contributed by atoms with Gasteiger partial charge in [0.1, 0.15) is 18.4 Å². The summed E-state index contributed by atoms with van der Waals surface area (Å²) in [6.45, 7) is 13.0. The van der Waals surface area contributed by atoms with Crippen LogP contribution in [0.25, 0.3) is 0 Å². The zero-order valence-electron chi connectivity index (χ0n) is 23.2. The van der Waals surface area contributed by atoms with Gasteiger partial charge in [-0.25, -0.2) is 0 Å². The topological polar surface area (TPSA) is 94.0 Å². The summed E-state index contributed by atoms with van der Waals surface area (Å²) in [5.74, 6) is 1.02. The van der Waals surface area contributed by atoms with Crippen LogP contribution in [0.5, 0.6) is 5.75 Å². The Morgan fingerprint density at radius 3 is 2.41 bits per heavy atom. The number of hydrogen-bond acceptors (Lipinski definition) is 6. The third kappa shape index (κ3) is 5.41. The molecule has 4 aromatic rings. The normalized spacial score (nSPS) is 15.0. The van der Waals surface area contributed by atoms with Crippen LogP contribution in [0.2, 0.25) is 0 Å². The van der Waals surface area contributed by atoms with Gasteiger partial charge in [0.25, 0.3) is 5.91 Å². The molecule has 0 fully saturated rings. The Kier molecular flexibility index (Phi) is 6.95.